The van der Waals surface area contributed by atoms with Gasteiger partial charge in [0.25, 0.3) is 0 Å². The van der Waals surface area contributed by atoms with Crippen molar-refractivity contribution < 1.29 is 9.84 Å². The van der Waals surface area contributed by atoms with Crippen molar-refractivity contribution in [3.63, 3.8) is 0 Å². The van der Waals surface area contributed by atoms with Crippen LogP contribution in [0.1, 0.15) is 79.1 Å². The molecule has 0 aromatic heterocycles. The highest BCUT2D eigenvalue weighted by Gasteiger charge is 2.29. The summed E-state index contributed by atoms with van der Waals surface area (Å²) in [5, 5.41) is 9.98. The van der Waals surface area contributed by atoms with Gasteiger partial charge in [-0.05, 0) is 44.4 Å². The molecule has 1 rings (SSSR count). The summed E-state index contributed by atoms with van der Waals surface area (Å²) in [6.45, 7) is 9.33. The van der Waals surface area contributed by atoms with E-state index in [2.05, 4.69) is 13.8 Å². The van der Waals surface area contributed by atoms with Crippen LogP contribution in [0.5, 0.6) is 0 Å². The average Bonchev–Trinajstić information content (AvgIpc) is 2.52. The van der Waals surface area contributed by atoms with Crippen molar-refractivity contribution in [3.8, 4) is 0 Å². The van der Waals surface area contributed by atoms with E-state index in [-0.39, 0.29) is 0 Å². The van der Waals surface area contributed by atoms with E-state index in [1.165, 1.54) is 38.5 Å². The van der Waals surface area contributed by atoms with Gasteiger partial charge in [-0.15, -0.1) is 0 Å². The molecule has 0 spiro atoms. The summed E-state index contributed by atoms with van der Waals surface area (Å²) in [5.41, 5.74) is -0.0900. The number of aliphatic hydroxyl groups is 1. The van der Waals surface area contributed by atoms with Crippen LogP contribution in [0.2, 0.25) is 0 Å². The van der Waals surface area contributed by atoms with E-state index in [0.29, 0.717) is 18.1 Å². The van der Waals surface area contributed by atoms with Gasteiger partial charge in [0.2, 0.25) is 0 Å². The molecule has 0 aromatic carbocycles. The molecule has 0 saturated heterocycles. The molecule has 0 heterocycles. The molecule has 0 amide bonds. The van der Waals surface area contributed by atoms with Crippen LogP contribution in [-0.4, -0.2) is 23.4 Å². The molecule has 0 aromatic rings. The lowest BCUT2D eigenvalue weighted by Gasteiger charge is -2.30. The number of hydrogen-bond acceptors (Lipinski definition) is 2. The first-order valence-electron chi connectivity index (χ1n) is 7.75. The van der Waals surface area contributed by atoms with Crippen molar-refractivity contribution in [2.24, 2.45) is 5.41 Å². The van der Waals surface area contributed by atoms with Crippen LogP contribution in [0.3, 0.4) is 0 Å². The van der Waals surface area contributed by atoms with Crippen LogP contribution in [0.25, 0.3) is 0 Å². The van der Waals surface area contributed by atoms with Gasteiger partial charge >= 0.3 is 0 Å². The van der Waals surface area contributed by atoms with Gasteiger partial charge in [0.15, 0.2) is 0 Å². The Morgan fingerprint density at radius 2 is 2.06 bits per heavy atom. The van der Waals surface area contributed by atoms with Gasteiger partial charge in [0, 0.05) is 6.61 Å². The predicted octanol–water partition coefficient (Wildman–Crippen LogP) is 4.30. The van der Waals surface area contributed by atoms with E-state index in [4.69, 9.17) is 4.74 Å². The summed E-state index contributed by atoms with van der Waals surface area (Å²) >= 11 is 0. The molecule has 108 valence electrons. The lowest BCUT2D eigenvalue weighted by molar-refractivity contribution is -0.0261. The molecule has 1 saturated carbocycles. The van der Waals surface area contributed by atoms with E-state index < -0.39 is 5.60 Å². The van der Waals surface area contributed by atoms with Crippen molar-refractivity contribution in [3.05, 3.63) is 0 Å². The van der Waals surface area contributed by atoms with Gasteiger partial charge in [0.1, 0.15) is 0 Å². The molecular weight excluding hydrogens is 224 g/mol. The second kappa shape index (κ2) is 6.91. The van der Waals surface area contributed by atoms with Crippen LogP contribution in [0.15, 0.2) is 0 Å². The number of hydrogen-bond donors (Lipinski definition) is 1. The average molecular weight is 256 g/mol. The highest BCUT2D eigenvalue weighted by Crippen LogP contribution is 2.38. The summed E-state index contributed by atoms with van der Waals surface area (Å²) in [6, 6.07) is 0. The van der Waals surface area contributed by atoms with Gasteiger partial charge in [-0.25, -0.2) is 0 Å². The largest absolute Gasteiger partial charge is 0.390 e. The molecule has 2 heteroatoms. The summed E-state index contributed by atoms with van der Waals surface area (Å²) in [5.74, 6) is 0. The van der Waals surface area contributed by atoms with Gasteiger partial charge < -0.3 is 9.84 Å². The van der Waals surface area contributed by atoms with Crippen molar-refractivity contribution in [2.45, 2.75) is 90.8 Å². The Hall–Kier alpha value is -0.0800. The SMILES string of the molecule is CCC(C)(O)CCOC1CCCCC(C)(CC)C1. The maximum absolute atomic E-state index is 9.98. The zero-order valence-corrected chi connectivity index (χ0v) is 12.8. The Morgan fingerprint density at radius 1 is 1.33 bits per heavy atom. The minimum atomic E-state index is -0.557. The Balaban J connectivity index is 2.37. The van der Waals surface area contributed by atoms with Crippen LogP contribution in [0.4, 0.5) is 0 Å². The van der Waals surface area contributed by atoms with E-state index in [9.17, 15) is 5.11 Å². The van der Waals surface area contributed by atoms with Crippen LogP contribution >= 0.6 is 0 Å². The lowest BCUT2D eigenvalue weighted by Crippen LogP contribution is -2.28. The summed E-state index contributed by atoms with van der Waals surface area (Å²) in [4.78, 5) is 0. The minimum absolute atomic E-state index is 0.408. The second-order valence-corrected chi connectivity index (χ2v) is 6.71. The van der Waals surface area contributed by atoms with Crippen LogP contribution in [-0.2, 0) is 4.74 Å². The summed E-state index contributed by atoms with van der Waals surface area (Å²) in [7, 11) is 0. The lowest BCUT2D eigenvalue weighted by atomic mass is 9.79. The maximum atomic E-state index is 9.98. The molecule has 1 aliphatic carbocycles. The highest BCUT2D eigenvalue weighted by molar-refractivity contribution is 4.81. The van der Waals surface area contributed by atoms with Gasteiger partial charge in [-0.1, -0.05) is 40.0 Å². The zero-order valence-electron chi connectivity index (χ0n) is 12.8. The third kappa shape index (κ3) is 5.27. The molecule has 2 nitrogen and oxygen atoms in total. The van der Waals surface area contributed by atoms with Gasteiger partial charge in [-0.2, -0.15) is 0 Å². The fourth-order valence-electron chi connectivity index (χ4n) is 2.76. The first-order valence-corrected chi connectivity index (χ1v) is 7.75. The summed E-state index contributed by atoms with van der Waals surface area (Å²) in [6.07, 6.45) is 9.58. The summed E-state index contributed by atoms with van der Waals surface area (Å²) < 4.78 is 6.04. The standard InChI is InChI=1S/C16H32O2/c1-5-15(3)10-8-7-9-14(13-15)18-12-11-16(4,17)6-2/h14,17H,5-13H2,1-4H3. The molecule has 1 fully saturated rings. The maximum Gasteiger partial charge on any atom is 0.0639 e. The Morgan fingerprint density at radius 3 is 2.67 bits per heavy atom. The van der Waals surface area contributed by atoms with Crippen LogP contribution in [0, 0.1) is 5.41 Å². The molecule has 18 heavy (non-hydrogen) atoms. The van der Waals surface area contributed by atoms with Gasteiger partial charge in [0.05, 0.1) is 11.7 Å². The normalized spacial score (nSPS) is 32.8. The molecule has 0 bridgehead atoms. The number of ether oxygens (including phenoxy) is 1. The fourth-order valence-corrected chi connectivity index (χ4v) is 2.76. The highest BCUT2D eigenvalue weighted by atomic mass is 16.5. The molecule has 0 radical (unpaired) electrons. The zero-order chi connectivity index (χ0) is 13.6. The third-order valence-corrected chi connectivity index (χ3v) is 4.89. The second-order valence-electron chi connectivity index (χ2n) is 6.71. The van der Waals surface area contributed by atoms with E-state index in [1.54, 1.807) is 0 Å². The predicted molar refractivity (Wildman–Crippen MR) is 76.8 cm³/mol. The molecule has 1 aliphatic rings. The van der Waals surface area contributed by atoms with Crippen molar-refractivity contribution in [1.29, 1.82) is 0 Å². The minimum Gasteiger partial charge on any atom is -0.390 e. The van der Waals surface area contributed by atoms with E-state index in [1.807, 2.05) is 13.8 Å². The monoisotopic (exact) mass is 256 g/mol. The molecule has 3 atom stereocenters. The first kappa shape index (κ1) is 16.0. The van der Waals surface area contributed by atoms with E-state index >= 15 is 0 Å². The van der Waals surface area contributed by atoms with Crippen molar-refractivity contribution in [1.82, 2.24) is 0 Å². The molecule has 0 aliphatic heterocycles. The van der Waals surface area contributed by atoms with Crippen molar-refractivity contribution >= 4 is 0 Å². The van der Waals surface area contributed by atoms with Crippen LogP contribution < -0.4 is 0 Å². The number of rotatable bonds is 6. The van der Waals surface area contributed by atoms with Gasteiger partial charge in [-0.3, -0.25) is 0 Å². The molecule has 3 unspecified atom stereocenters. The Bertz CT molecular complexity index is 237. The topological polar surface area (TPSA) is 29.5 Å². The third-order valence-electron chi connectivity index (χ3n) is 4.89. The van der Waals surface area contributed by atoms with E-state index in [0.717, 1.165) is 12.8 Å². The Labute approximate surface area is 113 Å². The fraction of sp³-hybridized carbons (Fsp3) is 1.00. The molecular formula is C16H32O2. The molecule has 1 N–H and O–H groups in total. The smallest absolute Gasteiger partial charge is 0.0639 e. The Kier molecular flexibility index (Phi) is 6.13. The van der Waals surface area contributed by atoms with Crippen molar-refractivity contribution in [2.75, 3.05) is 6.61 Å². The quantitative estimate of drug-likeness (QED) is 0.718. The first-order chi connectivity index (χ1) is 8.41.